The van der Waals surface area contributed by atoms with Crippen LogP contribution >= 0.6 is 11.6 Å². The second kappa shape index (κ2) is 6.60. The number of anilines is 1. The highest BCUT2D eigenvalue weighted by molar-refractivity contribution is 6.34. The number of halogens is 2. The Balaban J connectivity index is 1.85. The molecule has 2 heterocycles. The molecule has 0 aliphatic heterocycles. The summed E-state index contributed by atoms with van der Waals surface area (Å²) in [6, 6.07) is 4.06. The maximum absolute atomic E-state index is 13.8. The molecule has 0 spiro atoms. The number of nitrogens with one attached hydrogen (secondary N) is 1. The highest BCUT2D eigenvalue weighted by Crippen LogP contribution is 2.20. The van der Waals surface area contributed by atoms with Crippen LogP contribution < -0.4 is 5.32 Å². The van der Waals surface area contributed by atoms with Gasteiger partial charge in [-0.15, -0.1) is 0 Å². The minimum absolute atomic E-state index is 0.0372. The summed E-state index contributed by atoms with van der Waals surface area (Å²) in [6.45, 7) is 5.69. The molecular weight excluding hydrogens is 345 g/mol. The van der Waals surface area contributed by atoms with E-state index in [1.54, 1.807) is 0 Å². The number of carbonyl (C=O) groups is 1. The highest BCUT2D eigenvalue weighted by Gasteiger charge is 2.17. The van der Waals surface area contributed by atoms with Gasteiger partial charge in [0.2, 0.25) is 5.95 Å². The molecule has 0 bridgehead atoms. The number of rotatable bonds is 3. The fraction of sp³-hybridized carbons (Fsp3) is 0.176. The largest absolute Gasteiger partial charge is 0.319 e. The molecule has 25 heavy (non-hydrogen) atoms. The molecule has 0 saturated heterocycles. The molecule has 0 atom stereocenters. The molecule has 3 rings (SSSR count). The number of hydrogen-bond acceptors (Lipinski definition) is 4. The smallest absolute Gasteiger partial charge is 0.260 e. The molecule has 0 aliphatic carbocycles. The number of benzene rings is 1. The summed E-state index contributed by atoms with van der Waals surface area (Å²) in [4.78, 5) is 25.1. The quantitative estimate of drug-likeness (QED) is 0.775. The summed E-state index contributed by atoms with van der Waals surface area (Å²) in [6.07, 6.45) is 2.90. The van der Waals surface area contributed by atoms with E-state index in [-0.39, 0.29) is 10.6 Å². The molecule has 1 aromatic carbocycles. The molecular formula is C17H15ClFN5O. The van der Waals surface area contributed by atoms with Gasteiger partial charge in [-0.05, 0) is 32.9 Å². The third kappa shape index (κ3) is 3.23. The van der Waals surface area contributed by atoms with Crippen molar-refractivity contribution in [2.75, 3.05) is 5.32 Å². The lowest BCUT2D eigenvalue weighted by Crippen LogP contribution is -2.15. The van der Waals surface area contributed by atoms with Gasteiger partial charge in [-0.3, -0.25) is 9.36 Å². The van der Waals surface area contributed by atoms with Crippen molar-refractivity contribution < 1.29 is 9.18 Å². The Kier molecular flexibility index (Phi) is 4.50. The van der Waals surface area contributed by atoms with Crippen molar-refractivity contribution in [2.24, 2.45) is 0 Å². The van der Waals surface area contributed by atoms with E-state index in [0.717, 1.165) is 17.2 Å². The predicted molar refractivity (Wildman–Crippen MR) is 92.7 cm³/mol. The summed E-state index contributed by atoms with van der Waals surface area (Å²) in [7, 11) is 0. The van der Waals surface area contributed by atoms with E-state index in [1.165, 1.54) is 30.6 Å². The number of imidazole rings is 1. The van der Waals surface area contributed by atoms with Crippen molar-refractivity contribution in [1.82, 2.24) is 19.5 Å². The predicted octanol–water partition coefficient (Wildman–Crippen LogP) is 3.63. The van der Waals surface area contributed by atoms with Crippen molar-refractivity contribution >= 4 is 23.2 Å². The topological polar surface area (TPSA) is 72.7 Å². The van der Waals surface area contributed by atoms with Crippen LogP contribution in [0.25, 0.3) is 5.95 Å². The summed E-state index contributed by atoms with van der Waals surface area (Å²) in [5, 5.41) is 2.58. The monoisotopic (exact) mass is 359 g/mol. The molecule has 0 saturated carbocycles. The highest BCUT2D eigenvalue weighted by atomic mass is 35.5. The van der Waals surface area contributed by atoms with E-state index in [2.05, 4.69) is 20.3 Å². The first-order valence-electron chi connectivity index (χ1n) is 7.49. The van der Waals surface area contributed by atoms with Crippen LogP contribution in [0.1, 0.15) is 27.6 Å². The molecule has 0 unspecified atom stereocenters. The number of aryl methyl sites for hydroxylation is 2. The first kappa shape index (κ1) is 17.0. The zero-order valence-electron chi connectivity index (χ0n) is 13.8. The van der Waals surface area contributed by atoms with Gasteiger partial charge in [-0.25, -0.2) is 19.3 Å². The first-order valence-corrected chi connectivity index (χ1v) is 7.86. The summed E-state index contributed by atoms with van der Waals surface area (Å²) in [5.74, 6) is -0.143. The Morgan fingerprint density at radius 1 is 1.20 bits per heavy atom. The van der Waals surface area contributed by atoms with Crippen LogP contribution in [0.15, 0.2) is 30.6 Å². The fourth-order valence-electron chi connectivity index (χ4n) is 2.48. The van der Waals surface area contributed by atoms with Gasteiger partial charge >= 0.3 is 0 Å². The fourth-order valence-corrected chi connectivity index (χ4v) is 2.73. The van der Waals surface area contributed by atoms with Gasteiger partial charge in [-0.1, -0.05) is 17.7 Å². The molecule has 8 heteroatoms. The standard InChI is InChI=1S/C17H15ClFN5O/c1-9-10(2)24(11(3)22-9)17-20-7-12(8-21-17)23-16(25)15-13(18)5-4-6-14(15)19/h4-8H,1-3H3,(H,23,25). The van der Waals surface area contributed by atoms with Crippen LogP contribution in [-0.4, -0.2) is 25.4 Å². The minimum Gasteiger partial charge on any atom is -0.319 e. The van der Waals surface area contributed by atoms with E-state index in [4.69, 9.17) is 11.6 Å². The van der Waals surface area contributed by atoms with E-state index < -0.39 is 11.7 Å². The van der Waals surface area contributed by atoms with Crippen LogP contribution in [0.3, 0.4) is 0 Å². The summed E-state index contributed by atoms with van der Waals surface area (Å²) >= 11 is 5.89. The van der Waals surface area contributed by atoms with Crippen molar-refractivity contribution in [3.05, 3.63) is 64.2 Å². The van der Waals surface area contributed by atoms with Crippen LogP contribution in [0.5, 0.6) is 0 Å². The average Bonchev–Trinajstić information content (AvgIpc) is 2.81. The lowest BCUT2D eigenvalue weighted by atomic mass is 10.2. The summed E-state index contributed by atoms with van der Waals surface area (Å²) in [5.41, 5.74) is 1.95. The first-order chi connectivity index (χ1) is 11.9. The van der Waals surface area contributed by atoms with E-state index in [1.807, 2.05) is 25.3 Å². The van der Waals surface area contributed by atoms with Gasteiger partial charge in [0.25, 0.3) is 5.91 Å². The van der Waals surface area contributed by atoms with Gasteiger partial charge in [0.05, 0.1) is 34.4 Å². The molecule has 0 radical (unpaired) electrons. The number of hydrogen-bond donors (Lipinski definition) is 1. The molecule has 1 N–H and O–H groups in total. The molecule has 0 aliphatic rings. The maximum Gasteiger partial charge on any atom is 0.260 e. The number of nitrogens with zero attached hydrogens (tertiary/aromatic N) is 4. The lowest BCUT2D eigenvalue weighted by molar-refractivity contribution is 0.102. The normalized spacial score (nSPS) is 10.8. The number of amides is 1. The Bertz CT molecular complexity index is 932. The van der Waals surface area contributed by atoms with Crippen LogP contribution in [0.4, 0.5) is 10.1 Å². The van der Waals surface area contributed by atoms with Gasteiger partial charge in [0, 0.05) is 5.69 Å². The van der Waals surface area contributed by atoms with Gasteiger partial charge in [0.15, 0.2) is 0 Å². The van der Waals surface area contributed by atoms with Crippen molar-refractivity contribution in [1.29, 1.82) is 0 Å². The summed E-state index contributed by atoms with van der Waals surface area (Å²) < 4.78 is 15.6. The van der Waals surface area contributed by atoms with Crippen LogP contribution in [-0.2, 0) is 0 Å². The molecule has 1 amide bonds. The van der Waals surface area contributed by atoms with E-state index >= 15 is 0 Å². The van der Waals surface area contributed by atoms with Crippen molar-refractivity contribution in [2.45, 2.75) is 20.8 Å². The van der Waals surface area contributed by atoms with Gasteiger partial charge < -0.3 is 5.32 Å². The number of aromatic nitrogens is 4. The molecule has 0 fully saturated rings. The third-order valence-corrected chi connectivity index (χ3v) is 4.11. The lowest BCUT2D eigenvalue weighted by Gasteiger charge is -2.09. The van der Waals surface area contributed by atoms with Crippen LogP contribution in [0.2, 0.25) is 5.02 Å². The Morgan fingerprint density at radius 2 is 1.88 bits per heavy atom. The van der Waals surface area contributed by atoms with E-state index in [0.29, 0.717) is 11.6 Å². The number of carbonyl (C=O) groups excluding carboxylic acids is 1. The molecule has 128 valence electrons. The average molecular weight is 360 g/mol. The second-order valence-corrected chi connectivity index (χ2v) is 5.89. The Labute approximate surface area is 148 Å². The Hall–Kier alpha value is -2.80. The van der Waals surface area contributed by atoms with Crippen LogP contribution in [0, 0.1) is 26.6 Å². The third-order valence-electron chi connectivity index (χ3n) is 3.80. The van der Waals surface area contributed by atoms with Crippen molar-refractivity contribution in [3.8, 4) is 5.95 Å². The van der Waals surface area contributed by atoms with E-state index in [9.17, 15) is 9.18 Å². The van der Waals surface area contributed by atoms with Gasteiger partial charge in [0.1, 0.15) is 11.6 Å². The Morgan fingerprint density at radius 3 is 2.44 bits per heavy atom. The maximum atomic E-state index is 13.8. The molecule has 6 nitrogen and oxygen atoms in total. The SMILES string of the molecule is Cc1nc(C)n(-c2ncc(NC(=O)c3c(F)cccc3Cl)cn2)c1C. The molecule has 2 aromatic heterocycles. The van der Waals surface area contributed by atoms with Crippen molar-refractivity contribution in [3.63, 3.8) is 0 Å². The second-order valence-electron chi connectivity index (χ2n) is 5.49. The van der Waals surface area contributed by atoms with Gasteiger partial charge in [-0.2, -0.15) is 0 Å². The zero-order valence-corrected chi connectivity index (χ0v) is 14.6. The zero-order chi connectivity index (χ0) is 18.1. The molecule has 3 aromatic rings. The minimum atomic E-state index is -0.692.